The second-order valence-electron chi connectivity index (χ2n) is 9.66. The molecule has 1 fully saturated rings. The molecule has 0 bridgehead atoms. The molecule has 0 aliphatic carbocycles. The summed E-state index contributed by atoms with van der Waals surface area (Å²) in [4.78, 5) is 38.0. The van der Waals surface area contributed by atoms with Gasteiger partial charge in [-0.15, -0.1) is 0 Å². The molecule has 38 heavy (non-hydrogen) atoms. The fraction of sp³-hybridized carbons (Fsp3) is 0.593. The average molecular weight is 532 g/mol. The summed E-state index contributed by atoms with van der Waals surface area (Å²) in [5.74, 6) is 0.457. The Morgan fingerprint density at radius 1 is 1.24 bits per heavy atom. The smallest absolute Gasteiger partial charge is 0.308 e. The number of ether oxygens (including phenoxy) is 3. The quantitative estimate of drug-likeness (QED) is 0.385. The van der Waals surface area contributed by atoms with Crippen LogP contribution >= 0.6 is 0 Å². The van der Waals surface area contributed by atoms with Crippen molar-refractivity contribution in [2.75, 3.05) is 40.1 Å². The van der Waals surface area contributed by atoms with E-state index in [1.165, 1.54) is 12.2 Å². The van der Waals surface area contributed by atoms with Gasteiger partial charge in [0.05, 0.1) is 32.4 Å². The van der Waals surface area contributed by atoms with Gasteiger partial charge in [-0.05, 0) is 43.9 Å². The third-order valence-corrected chi connectivity index (χ3v) is 6.96. The molecule has 3 atom stereocenters. The molecule has 2 aliphatic heterocycles. The van der Waals surface area contributed by atoms with Crippen LogP contribution in [0.1, 0.15) is 56.2 Å². The molecule has 3 unspecified atom stereocenters. The van der Waals surface area contributed by atoms with Crippen LogP contribution < -0.4 is 14.2 Å². The molecule has 1 amide bonds. The van der Waals surface area contributed by atoms with Crippen molar-refractivity contribution in [3.63, 3.8) is 0 Å². The molecule has 11 nitrogen and oxygen atoms in total. The number of amides is 1. The Hall–Kier alpha value is -3.31. The van der Waals surface area contributed by atoms with Crippen LogP contribution in [0, 0.1) is 12.8 Å². The van der Waals surface area contributed by atoms with E-state index in [4.69, 9.17) is 23.5 Å². The van der Waals surface area contributed by atoms with Gasteiger partial charge in [0.1, 0.15) is 5.76 Å². The molecule has 0 radical (unpaired) electrons. The van der Waals surface area contributed by atoms with Crippen molar-refractivity contribution < 1.29 is 38.2 Å². The maximum atomic E-state index is 13.3. The van der Waals surface area contributed by atoms with Crippen LogP contribution in [0.2, 0.25) is 0 Å². The number of oxazole rings is 1. The molecule has 0 saturated carbocycles. The van der Waals surface area contributed by atoms with Gasteiger partial charge in [0, 0.05) is 31.5 Å². The van der Waals surface area contributed by atoms with Gasteiger partial charge in [0.2, 0.25) is 12.5 Å². The number of nitrogens with zero attached hydrogens (tertiary/aromatic N) is 3. The minimum absolute atomic E-state index is 0.0426. The minimum Gasteiger partial charge on any atom is -0.493 e. The number of aryl methyl sites for hydroxylation is 2. The third kappa shape index (κ3) is 6.05. The molecule has 11 heteroatoms. The fourth-order valence-electron chi connectivity index (χ4n) is 5.26. The molecular formula is C27H37N3O8. The highest BCUT2D eigenvalue weighted by molar-refractivity contribution is 5.78. The van der Waals surface area contributed by atoms with E-state index in [1.807, 2.05) is 37.8 Å². The van der Waals surface area contributed by atoms with Crippen molar-refractivity contribution >= 4 is 11.9 Å². The average Bonchev–Trinajstić information content (AvgIpc) is 3.62. The Kier molecular flexibility index (Phi) is 9.11. The second-order valence-corrected chi connectivity index (χ2v) is 9.66. The van der Waals surface area contributed by atoms with Gasteiger partial charge in [0.25, 0.3) is 5.91 Å². The van der Waals surface area contributed by atoms with Crippen LogP contribution in [0.4, 0.5) is 0 Å². The number of carbonyl (C=O) groups is 2. The minimum atomic E-state index is -0.928. The van der Waals surface area contributed by atoms with Gasteiger partial charge >= 0.3 is 5.97 Å². The number of likely N-dealkylation sites (tertiary alicyclic amines) is 1. The number of carboxylic acid groups (broad SMARTS) is 1. The molecule has 3 heterocycles. The normalized spacial score (nSPS) is 20.6. The summed E-state index contributed by atoms with van der Waals surface area (Å²) < 4.78 is 22.3. The van der Waals surface area contributed by atoms with Gasteiger partial charge in [-0.25, -0.2) is 10.0 Å². The second kappa shape index (κ2) is 12.5. The lowest BCUT2D eigenvalue weighted by Gasteiger charge is -2.28. The molecule has 1 saturated heterocycles. The first-order valence-corrected chi connectivity index (χ1v) is 13.1. The summed E-state index contributed by atoms with van der Waals surface area (Å²) in [6, 6.07) is 3.19. The number of aromatic nitrogens is 1. The Bertz CT molecular complexity index is 1120. The van der Waals surface area contributed by atoms with Crippen molar-refractivity contribution in [1.29, 1.82) is 0 Å². The van der Waals surface area contributed by atoms with Crippen molar-refractivity contribution in [1.82, 2.24) is 14.9 Å². The Labute approximate surface area is 222 Å². The summed E-state index contributed by atoms with van der Waals surface area (Å²) >= 11 is 0. The maximum absolute atomic E-state index is 13.3. The number of fused-ring (bicyclic) bond motifs is 1. The lowest BCUT2D eigenvalue weighted by Crippen LogP contribution is -2.44. The summed E-state index contributed by atoms with van der Waals surface area (Å²) in [5.41, 5.74) is 0.762. The van der Waals surface area contributed by atoms with E-state index in [1.54, 1.807) is 6.20 Å². The zero-order valence-electron chi connectivity index (χ0n) is 22.5. The van der Waals surface area contributed by atoms with Crippen LogP contribution in [0.25, 0.3) is 0 Å². The van der Waals surface area contributed by atoms with Crippen LogP contribution in [-0.4, -0.2) is 78.1 Å². The molecule has 1 N–H and O–H groups in total. The van der Waals surface area contributed by atoms with E-state index in [0.29, 0.717) is 61.4 Å². The van der Waals surface area contributed by atoms with E-state index in [0.717, 1.165) is 18.4 Å². The Morgan fingerprint density at radius 2 is 2.05 bits per heavy atom. The zero-order valence-corrected chi connectivity index (χ0v) is 22.5. The molecule has 0 spiro atoms. The SMILES string of the molecule is CCCON(CCC)C(=O)CN1CC(c2cc(OC)c3c(c2)OCO3)C(C(=O)O)C1CCc1ncc(C)o1. The number of benzene rings is 1. The van der Waals surface area contributed by atoms with Gasteiger partial charge in [-0.2, -0.15) is 0 Å². The number of rotatable bonds is 13. The Morgan fingerprint density at radius 3 is 2.71 bits per heavy atom. The number of methoxy groups -OCH3 is 1. The van der Waals surface area contributed by atoms with Crippen molar-refractivity contribution in [3.8, 4) is 17.2 Å². The topological polar surface area (TPSA) is 124 Å². The van der Waals surface area contributed by atoms with E-state index in [9.17, 15) is 14.7 Å². The van der Waals surface area contributed by atoms with E-state index < -0.39 is 23.8 Å². The number of carbonyl (C=O) groups excluding carboxylic acids is 1. The van der Waals surface area contributed by atoms with Crippen molar-refractivity contribution in [2.45, 2.75) is 58.4 Å². The summed E-state index contributed by atoms with van der Waals surface area (Å²) in [5, 5.41) is 11.8. The van der Waals surface area contributed by atoms with Gasteiger partial charge in [-0.1, -0.05) is 13.8 Å². The fourth-order valence-corrected chi connectivity index (χ4v) is 5.26. The van der Waals surface area contributed by atoms with Crippen molar-refractivity contribution in [3.05, 3.63) is 35.5 Å². The van der Waals surface area contributed by atoms with Gasteiger partial charge < -0.3 is 23.7 Å². The lowest BCUT2D eigenvalue weighted by molar-refractivity contribution is -0.188. The van der Waals surface area contributed by atoms with Crippen LogP contribution in [0.5, 0.6) is 17.2 Å². The first-order valence-electron chi connectivity index (χ1n) is 13.1. The first kappa shape index (κ1) is 27.7. The predicted molar refractivity (Wildman–Crippen MR) is 136 cm³/mol. The molecule has 4 rings (SSSR count). The van der Waals surface area contributed by atoms with Crippen LogP contribution in [0.3, 0.4) is 0 Å². The molecule has 1 aromatic heterocycles. The number of aliphatic carboxylic acids is 1. The highest BCUT2D eigenvalue weighted by Gasteiger charge is 2.47. The summed E-state index contributed by atoms with van der Waals surface area (Å²) in [7, 11) is 1.54. The lowest BCUT2D eigenvalue weighted by atomic mass is 9.83. The van der Waals surface area contributed by atoms with Crippen LogP contribution in [0.15, 0.2) is 22.7 Å². The Balaban J connectivity index is 1.64. The zero-order chi connectivity index (χ0) is 27.2. The van der Waals surface area contributed by atoms with Crippen molar-refractivity contribution in [2.24, 2.45) is 5.92 Å². The van der Waals surface area contributed by atoms with E-state index in [-0.39, 0.29) is 19.2 Å². The molecule has 2 aromatic rings. The predicted octanol–water partition coefficient (Wildman–Crippen LogP) is 3.40. The highest BCUT2D eigenvalue weighted by Crippen LogP contribution is 2.47. The number of hydrogen-bond donors (Lipinski definition) is 1. The molecule has 208 valence electrons. The molecule has 1 aromatic carbocycles. The first-order chi connectivity index (χ1) is 18.4. The van der Waals surface area contributed by atoms with E-state index in [2.05, 4.69) is 4.98 Å². The van der Waals surface area contributed by atoms with Gasteiger partial charge in [-0.3, -0.25) is 19.3 Å². The molecule has 2 aliphatic rings. The third-order valence-electron chi connectivity index (χ3n) is 6.96. The highest BCUT2D eigenvalue weighted by atomic mass is 16.7. The summed E-state index contributed by atoms with van der Waals surface area (Å²) in [6.45, 7) is 7.18. The van der Waals surface area contributed by atoms with Crippen LogP contribution in [-0.2, 0) is 20.8 Å². The van der Waals surface area contributed by atoms with E-state index >= 15 is 0 Å². The largest absolute Gasteiger partial charge is 0.493 e. The standard InChI is InChI=1S/C27H37N3O8/c1-5-9-30(37-10-6-2)24(31)15-29-14-19(18-11-21(34-4)26-22(12-18)35-16-36-26)25(27(32)33)20(29)7-8-23-28-13-17(3)38-23/h11-13,19-20,25H,5-10,14-16H2,1-4H3,(H,32,33). The van der Waals surface area contributed by atoms with Gasteiger partial charge in [0.15, 0.2) is 17.4 Å². The maximum Gasteiger partial charge on any atom is 0.308 e. The number of carboxylic acids is 1. The number of hydrogen-bond acceptors (Lipinski definition) is 9. The summed E-state index contributed by atoms with van der Waals surface area (Å²) in [6.07, 6.45) is 4.10. The number of hydroxylamine groups is 2. The monoisotopic (exact) mass is 531 g/mol. The molecular weight excluding hydrogens is 494 g/mol.